The number of hydrogen-bond donors (Lipinski definition) is 4. The topological polar surface area (TPSA) is 87.4 Å². The van der Waals surface area contributed by atoms with Gasteiger partial charge in [0.25, 0.3) is 0 Å². The van der Waals surface area contributed by atoms with Gasteiger partial charge in [0, 0.05) is 23.6 Å². The number of nitrogens with one attached hydrogen (secondary N) is 2. The Kier molecular flexibility index (Phi) is 6.15. The number of hydrogen-bond acceptors (Lipinski definition) is 4. The van der Waals surface area contributed by atoms with Crippen molar-refractivity contribution in [1.82, 2.24) is 10.6 Å². The average Bonchev–Trinajstić information content (AvgIpc) is 2.59. The summed E-state index contributed by atoms with van der Waals surface area (Å²) in [6, 6.07) is 0. The van der Waals surface area contributed by atoms with Gasteiger partial charge in [-0.25, -0.2) is 0 Å². The Morgan fingerprint density at radius 1 is 1.50 bits per heavy atom. The highest BCUT2D eigenvalue weighted by Crippen LogP contribution is 2.49. The van der Waals surface area contributed by atoms with Gasteiger partial charge < -0.3 is 21.5 Å². The number of dihydropyridines is 1. The summed E-state index contributed by atoms with van der Waals surface area (Å²) in [6.07, 6.45) is 10.5. The molecule has 0 aromatic carbocycles. The van der Waals surface area contributed by atoms with Gasteiger partial charge in [-0.3, -0.25) is 4.79 Å². The van der Waals surface area contributed by atoms with E-state index in [4.69, 9.17) is 5.73 Å². The van der Waals surface area contributed by atoms with Gasteiger partial charge in [-0.05, 0) is 63.1 Å². The van der Waals surface area contributed by atoms with Crippen molar-refractivity contribution in [3.05, 3.63) is 46.7 Å². The molecule has 2 aliphatic carbocycles. The summed E-state index contributed by atoms with van der Waals surface area (Å²) in [6.45, 7) is 9.05. The second-order valence-corrected chi connectivity index (χ2v) is 8.97. The molecule has 3 aliphatic rings. The lowest BCUT2D eigenvalue weighted by Crippen LogP contribution is -2.58. The van der Waals surface area contributed by atoms with E-state index < -0.39 is 11.8 Å². The lowest BCUT2D eigenvalue weighted by atomic mass is 9.62. The second-order valence-electron chi connectivity index (χ2n) is 8.97. The quantitative estimate of drug-likeness (QED) is 0.530. The van der Waals surface area contributed by atoms with E-state index in [1.807, 2.05) is 6.08 Å². The van der Waals surface area contributed by atoms with Crippen molar-refractivity contribution >= 4 is 5.91 Å². The second kappa shape index (κ2) is 8.26. The number of allylic oxidation sites excluding steroid dienone is 3. The molecule has 4 atom stereocenters. The average molecular weight is 386 g/mol. The first-order valence-corrected chi connectivity index (χ1v) is 10.5. The van der Waals surface area contributed by atoms with E-state index in [2.05, 4.69) is 50.5 Å². The fourth-order valence-corrected chi connectivity index (χ4v) is 5.25. The lowest BCUT2D eigenvalue weighted by molar-refractivity contribution is -0.123. The van der Waals surface area contributed by atoms with Gasteiger partial charge >= 0.3 is 0 Å². The minimum absolute atomic E-state index is 0.0529. The van der Waals surface area contributed by atoms with E-state index in [-0.39, 0.29) is 17.7 Å². The van der Waals surface area contributed by atoms with E-state index in [1.54, 1.807) is 6.08 Å². The lowest BCUT2D eigenvalue weighted by Gasteiger charge is -2.50. The molecule has 0 fully saturated rings. The van der Waals surface area contributed by atoms with E-state index in [9.17, 15) is 9.90 Å². The number of amides is 1. The Labute approximate surface area is 168 Å². The first-order valence-electron chi connectivity index (χ1n) is 10.5. The van der Waals surface area contributed by atoms with Crippen LogP contribution in [0.5, 0.6) is 0 Å². The Morgan fingerprint density at radius 3 is 2.89 bits per heavy atom. The van der Waals surface area contributed by atoms with Crippen LogP contribution >= 0.6 is 0 Å². The number of carbonyl (C=O) groups is 1. The molecule has 1 aliphatic heterocycles. The molecule has 1 heterocycles. The van der Waals surface area contributed by atoms with Crippen LogP contribution in [0.1, 0.15) is 53.4 Å². The molecule has 0 radical (unpaired) electrons. The molecule has 3 unspecified atom stereocenters. The number of carbonyl (C=O) groups excluding carboxylic acids is 1. The standard InChI is InChI=1S/C23H35N3O2/c1-5-18-17-9-15(4)12-23(18,19-6-7-21(27)25-20(19)11-17)26-22(28)10-16(13-24)8-14(2)3/h5-7,9,14,16-17,21,25,27H,8,10-13,24H2,1-4H3,(H,26,28)/b18-5+/t16-,17?,21?,23?/m0/s1. The molecule has 1 amide bonds. The van der Waals surface area contributed by atoms with Crippen LogP contribution in [-0.4, -0.2) is 29.3 Å². The monoisotopic (exact) mass is 385 g/mol. The third-order valence-corrected chi connectivity index (χ3v) is 6.17. The third kappa shape index (κ3) is 3.96. The molecule has 3 rings (SSSR count). The first-order chi connectivity index (χ1) is 13.3. The Morgan fingerprint density at radius 2 is 2.25 bits per heavy atom. The molecule has 0 saturated heterocycles. The van der Waals surface area contributed by atoms with Crippen molar-refractivity contribution in [2.75, 3.05) is 6.54 Å². The van der Waals surface area contributed by atoms with E-state index >= 15 is 0 Å². The van der Waals surface area contributed by atoms with E-state index in [1.165, 1.54) is 11.1 Å². The summed E-state index contributed by atoms with van der Waals surface area (Å²) in [5.74, 6) is 1.01. The van der Waals surface area contributed by atoms with Crippen LogP contribution < -0.4 is 16.4 Å². The van der Waals surface area contributed by atoms with Crippen molar-refractivity contribution < 1.29 is 9.90 Å². The normalized spacial score (nSPS) is 31.4. The van der Waals surface area contributed by atoms with E-state index in [0.29, 0.717) is 18.9 Å². The van der Waals surface area contributed by atoms with Crippen molar-refractivity contribution in [3.63, 3.8) is 0 Å². The predicted octanol–water partition coefficient (Wildman–Crippen LogP) is 2.90. The molecule has 5 nitrogen and oxygen atoms in total. The van der Waals surface area contributed by atoms with Gasteiger partial charge in [-0.15, -0.1) is 0 Å². The Balaban J connectivity index is 1.94. The summed E-state index contributed by atoms with van der Waals surface area (Å²) in [7, 11) is 0. The van der Waals surface area contributed by atoms with Gasteiger partial charge in [0.1, 0.15) is 6.23 Å². The zero-order valence-corrected chi connectivity index (χ0v) is 17.6. The molecule has 0 saturated carbocycles. The van der Waals surface area contributed by atoms with Gasteiger partial charge in [-0.2, -0.15) is 0 Å². The van der Waals surface area contributed by atoms with Crippen LogP contribution in [0.15, 0.2) is 46.7 Å². The molecule has 5 heteroatoms. The molecule has 2 bridgehead atoms. The summed E-state index contributed by atoms with van der Waals surface area (Å²) in [4.78, 5) is 13.1. The van der Waals surface area contributed by atoms with Crippen LogP contribution in [0.25, 0.3) is 0 Å². The van der Waals surface area contributed by atoms with Crippen LogP contribution in [0.4, 0.5) is 0 Å². The van der Waals surface area contributed by atoms with Crippen LogP contribution in [-0.2, 0) is 4.79 Å². The number of aliphatic hydroxyl groups excluding tert-OH is 1. The minimum atomic E-state index is -0.669. The largest absolute Gasteiger partial charge is 0.370 e. The smallest absolute Gasteiger partial charge is 0.221 e. The van der Waals surface area contributed by atoms with Crippen molar-refractivity contribution in [2.24, 2.45) is 23.5 Å². The molecule has 28 heavy (non-hydrogen) atoms. The molecule has 5 N–H and O–H groups in total. The van der Waals surface area contributed by atoms with Crippen molar-refractivity contribution in [2.45, 2.75) is 65.1 Å². The molecule has 154 valence electrons. The third-order valence-electron chi connectivity index (χ3n) is 6.17. The number of nitrogens with two attached hydrogens (primary N) is 1. The number of aliphatic hydroxyl groups is 1. The predicted molar refractivity (Wildman–Crippen MR) is 113 cm³/mol. The van der Waals surface area contributed by atoms with E-state index in [0.717, 1.165) is 30.5 Å². The number of rotatable bonds is 6. The fourth-order valence-electron chi connectivity index (χ4n) is 5.25. The summed E-state index contributed by atoms with van der Waals surface area (Å²) < 4.78 is 0. The summed E-state index contributed by atoms with van der Waals surface area (Å²) >= 11 is 0. The summed E-state index contributed by atoms with van der Waals surface area (Å²) in [5.41, 5.74) is 10.1. The highest BCUT2D eigenvalue weighted by atomic mass is 16.3. The fraction of sp³-hybridized carbons (Fsp3) is 0.609. The van der Waals surface area contributed by atoms with Gasteiger partial charge in [0.2, 0.25) is 5.91 Å². The zero-order chi connectivity index (χ0) is 20.5. The van der Waals surface area contributed by atoms with Crippen LogP contribution in [0.3, 0.4) is 0 Å². The minimum Gasteiger partial charge on any atom is -0.370 e. The van der Waals surface area contributed by atoms with Gasteiger partial charge in [0.05, 0.1) is 5.54 Å². The first kappa shape index (κ1) is 20.9. The summed E-state index contributed by atoms with van der Waals surface area (Å²) in [5, 5.41) is 16.6. The van der Waals surface area contributed by atoms with Crippen molar-refractivity contribution in [3.8, 4) is 0 Å². The number of fused-ring (bicyclic) bond motifs is 3. The highest BCUT2D eigenvalue weighted by molar-refractivity contribution is 5.79. The Hall–Kier alpha value is -1.85. The molecular formula is C23H35N3O2. The maximum absolute atomic E-state index is 13.1. The Bertz CT molecular complexity index is 747. The molecular weight excluding hydrogens is 350 g/mol. The molecule has 0 aromatic heterocycles. The molecule has 0 spiro atoms. The van der Waals surface area contributed by atoms with Crippen molar-refractivity contribution in [1.29, 1.82) is 0 Å². The van der Waals surface area contributed by atoms with Crippen LogP contribution in [0, 0.1) is 17.8 Å². The van der Waals surface area contributed by atoms with Gasteiger partial charge in [-0.1, -0.05) is 37.6 Å². The zero-order valence-electron chi connectivity index (χ0n) is 17.6. The van der Waals surface area contributed by atoms with Gasteiger partial charge in [0.15, 0.2) is 0 Å². The SMILES string of the molecule is C/C=C1\C2C=C(C)CC1(NC(=O)C[C@@H](CN)CC(C)C)C1=C(C2)NC(O)C=C1. The van der Waals surface area contributed by atoms with Crippen LogP contribution in [0.2, 0.25) is 0 Å². The highest BCUT2D eigenvalue weighted by Gasteiger charge is 2.48. The maximum atomic E-state index is 13.1. The maximum Gasteiger partial charge on any atom is 0.221 e. The molecule has 0 aromatic rings.